The molecule has 0 saturated heterocycles. The topological polar surface area (TPSA) is 59.4 Å². The summed E-state index contributed by atoms with van der Waals surface area (Å²) < 4.78 is 5.49. The Labute approximate surface area is 115 Å². The predicted molar refractivity (Wildman–Crippen MR) is 71.7 cm³/mol. The van der Waals surface area contributed by atoms with Crippen LogP contribution in [0.5, 0.6) is 5.88 Å². The molecule has 1 aromatic carbocycles. The number of aromatic carboxylic acids is 1. The molecule has 0 unspecified atom stereocenters. The van der Waals surface area contributed by atoms with Crippen LogP contribution in [-0.4, -0.2) is 16.1 Å². The van der Waals surface area contributed by atoms with Crippen molar-refractivity contribution < 1.29 is 14.6 Å². The second kappa shape index (κ2) is 5.71. The van der Waals surface area contributed by atoms with Gasteiger partial charge in [-0.3, -0.25) is 0 Å². The zero-order valence-corrected chi connectivity index (χ0v) is 11.0. The molecule has 0 spiro atoms. The van der Waals surface area contributed by atoms with E-state index in [2.05, 4.69) is 4.98 Å². The van der Waals surface area contributed by atoms with Crippen LogP contribution in [0.25, 0.3) is 0 Å². The van der Waals surface area contributed by atoms with E-state index >= 15 is 0 Å². The van der Waals surface area contributed by atoms with Crippen molar-refractivity contribution >= 4 is 17.6 Å². The largest absolute Gasteiger partial charge is 0.478 e. The van der Waals surface area contributed by atoms with Crippen molar-refractivity contribution in [1.29, 1.82) is 0 Å². The van der Waals surface area contributed by atoms with Gasteiger partial charge in [-0.15, -0.1) is 0 Å². The second-order valence-electron chi connectivity index (χ2n) is 3.98. The van der Waals surface area contributed by atoms with Gasteiger partial charge in [0.2, 0.25) is 5.88 Å². The number of rotatable bonds is 4. The van der Waals surface area contributed by atoms with Crippen molar-refractivity contribution in [1.82, 2.24) is 4.98 Å². The molecule has 1 heterocycles. The molecule has 0 radical (unpaired) electrons. The standard InChI is InChI=1S/C14H12ClNO3/c1-9-4-2-7-13(16-9)19-8-11-10(14(17)18)5-3-6-12(11)15/h2-7H,8H2,1H3,(H,17,18). The Morgan fingerprint density at radius 2 is 2.05 bits per heavy atom. The van der Waals surface area contributed by atoms with Crippen LogP contribution < -0.4 is 4.74 Å². The second-order valence-corrected chi connectivity index (χ2v) is 4.38. The van der Waals surface area contributed by atoms with Crippen LogP contribution in [0.3, 0.4) is 0 Å². The highest BCUT2D eigenvalue weighted by molar-refractivity contribution is 6.31. The predicted octanol–water partition coefficient (Wildman–Crippen LogP) is 3.32. The Bertz CT molecular complexity index is 613. The summed E-state index contributed by atoms with van der Waals surface area (Å²) in [5.41, 5.74) is 1.41. The monoisotopic (exact) mass is 277 g/mol. The third-order valence-electron chi connectivity index (χ3n) is 2.58. The number of carboxylic acid groups (broad SMARTS) is 1. The van der Waals surface area contributed by atoms with Gasteiger partial charge in [0.05, 0.1) is 5.56 Å². The molecule has 0 atom stereocenters. The molecule has 0 saturated carbocycles. The van der Waals surface area contributed by atoms with E-state index in [9.17, 15) is 4.79 Å². The van der Waals surface area contributed by atoms with E-state index in [-0.39, 0.29) is 12.2 Å². The fourth-order valence-corrected chi connectivity index (χ4v) is 1.88. The van der Waals surface area contributed by atoms with E-state index in [0.29, 0.717) is 16.5 Å². The first-order valence-corrected chi connectivity index (χ1v) is 6.03. The molecule has 0 aliphatic carbocycles. The number of pyridine rings is 1. The number of aromatic nitrogens is 1. The van der Waals surface area contributed by atoms with Gasteiger partial charge in [0.25, 0.3) is 0 Å². The minimum absolute atomic E-state index is 0.0672. The lowest BCUT2D eigenvalue weighted by Gasteiger charge is -2.10. The smallest absolute Gasteiger partial charge is 0.336 e. The number of hydrogen-bond donors (Lipinski definition) is 1. The van der Waals surface area contributed by atoms with Gasteiger partial charge in [-0.2, -0.15) is 0 Å². The van der Waals surface area contributed by atoms with E-state index in [4.69, 9.17) is 21.4 Å². The van der Waals surface area contributed by atoms with Crippen molar-refractivity contribution in [3.05, 3.63) is 58.2 Å². The van der Waals surface area contributed by atoms with Crippen LogP contribution in [0.1, 0.15) is 21.6 Å². The van der Waals surface area contributed by atoms with Gasteiger partial charge < -0.3 is 9.84 Å². The van der Waals surface area contributed by atoms with E-state index < -0.39 is 5.97 Å². The van der Waals surface area contributed by atoms with Crippen LogP contribution in [0.2, 0.25) is 5.02 Å². The third-order valence-corrected chi connectivity index (χ3v) is 2.93. The summed E-state index contributed by atoms with van der Waals surface area (Å²) in [6.45, 7) is 1.92. The molecule has 19 heavy (non-hydrogen) atoms. The molecule has 0 bridgehead atoms. The number of ether oxygens (including phenoxy) is 1. The Morgan fingerprint density at radius 1 is 1.32 bits per heavy atom. The Hall–Kier alpha value is -2.07. The maximum Gasteiger partial charge on any atom is 0.336 e. The van der Waals surface area contributed by atoms with E-state index in [1.54, 1.807) is 18.2 Å². The van der Waals surface area contributed by atoms with Crippen molar-refractivity contribution in [3.63, 3.8) is 0 Å². The number of nitrogens with zero attached hydrogens (tertiary/aromatic N) is 1. The van der Waals surface area contributed by atoms with Crippen LogP contribution >= 0.6 is 11.6 Å². The molecule has 5 heteroatoms. The molecule has 2 aromatic rings. The molecule has 0 fully saturated rings. The van der Waals surface area contributed by atoms with Gasteiger partial charge in [0.15, 0.2) is 0 Å². The normalized spacial score (nSPS) is 10.2. The summed E-state index contributed by atoms with van der Waals surface area (Å²) in [7, 11) is 0. The van der Waals surface area contributed by atoms with E-state index in [1.165, 1.54) is 6.07 Å². The Morgan fingerprint density at radius 3 is 2.74 bits per heavy atom. The Kier molecular flexibility index (Phi) is 4.02. The molecular weight excluding hydrogens is 266 g/mol. The lowest BCUT2D eigenvalue weighted by Crippen LogP contribution is -2.07. The number of benzene rings is 1. The van der Waals surface area contributed by atoms with Gasteiger partial charge >= 0.3 is 5.97 Å². The molecule has 0 aliphatic heterocycles. The first-order chi connectivity index (χ1) is 9.08. The molecule has 1 N–H and O–H groups in total. The Balaban J connectivity index is 2.22. The van der Waals surface area contributed by atoms with Crippen molar-refractivity contribution in [3.8, 4) is 5.88 Å². The number of aryl methyl sites for hydroxylation is 1. The maximum absolute atomic E-state index is 11.1. The van der Waals surface area contributed by atoms with Crippen molar-refractivity contribution in [2.45, 2.75) is 13.5 Å². The van der Waals surface area contributed by atoms with Gasteiger partial charge in [0, 0.05) is 22.3 Å². The number of halogens is 1. The molecule has 1 aromatic heterocycles. The number of hydrogen-bond acceptors (Lipinski definition) is 3. The minimum Gasteiger partial charge on any atom is -0.478 e. The highest BCUT2D eigenvalue weighted by atomic mass is 35.5. The average Bonchev–Trinajstić information content (AvgIpc) is 2.37. The molecule has 4 nitrogen and oxygen atoms in total. The zero-order chi connectivity index (χ0) is 13.8. The molecule has 0 aliphatic rings. The van der Waals surface area contributed by atoms with Crippen LogP contribution in [0, 0.1) is 6.92 Å². The fourth-order valence-electron chi connectivity index (χ4n) is 1.65. The number of carbonyl (C=O) groups is 1. The van der Waals surface area contributed by atoms with E-state index in [1.807, 2.05) is 19.1 Å². The van der Waals surface area contributed by atoms with Crippen molar-refractivity contribution in [2.24, 2.45) is 0 Å². The lowest BCUT2D eigenvalue weighted by molar-refractivity contribution is 0.0694. The van der Waals surface area contributed by atoms with Gasteiger partial charge in [-0.1, -0.05) is 23.7 Å². The molecule has 2 rings (SSSR count). The quantitative estimate of drug-likeness (QED) is 0.931. The maximum atomic E-state index is 11.1. The molecule has 98 valence electrons. The fraction of sp³-hybridized carbons (Fsp3) is 0.143. The molecular formula is C14H12ClNO3. The summed E-state index contributed by atoms with van der Waals surface area (Å²) in [6, 6.07) is 10.1. The van der Waals surface area contributed by atoms with E-state index in [0.717, 1.165) is 5.69 Å². The van der Waals surface area contributed by atoms with Crippen molar-refractivity contribution in [2.75, 3.05) is 0 Å². The minimum atomic E-state index is -1.03. The zero-order valence-electron chi connectivity index (χ0n) is 10.3. The van der Waals surface area contributed by atoms with Crippen LogP contribution in [0.15, 0.2) is 36.4 Å². The SMILES string of the molecule is Cc1cccc(OCc2c(Cl)cccc2C(=O)O)n1. The summed E-state index contributed by atoms with van der Waals surface area (Å²) in [4.78, 5) is 15.3. The van der Waals surface area contributed by atoms with Crippen LogP contribution in [-0.2, 0) is 6.61 Å². The summed E-state index contributed by atoms with van der Waals surface area (Å²) in [6.07, 6.45) is 0. The highest BCUT2D eigenvalue weighted by Gasteiger charge is 2.13. The highest BCUT2D eigenvalue weighted by Crippen LogP contribution is 2.22. The third kappa shape index (κ3) is 3.23. The lowest BCUT2D eigenvalue weighted by atomic mass is 10.1. The summed E-state index contributed by atoms with van der Waals surface area (Å²) in [5.74, 6) is -0.588. The first-order valence-electron chi connectivity index (χ1n) is 5.65. The van der Waals surface area contributed by atoms with Gasteiger partial charge in [0.1, 0.15) is 6.61 Å². The average molecular weight is 278 g/mol. The summed E-state index contributed by atoms with van der Waals surface area (Å²) >= 11 is 6.01. The van der Waals surface area contributed by atoms with Gasteiger partial charge in [-0.25, -0.2) is 9.78 Å². The van der Waals surface area contributed by atoms with Gasteiger partial charge in [-0.05, 0) is 25.1 Å². The van der Waals surface area contributed by atoms with Crippen LogP contribution in [0.4, 0.5) is 0 Å². The summed E-state index contributed by atoms with van der Waals surface area (Å²) in [5, 5.41) is 9.47. The molecule has 0 amide bonds. The number of carboxylic acids is 1. The first kappa shape index (κ1) is 13.4.